The molecule has 1 aliphatic rings. The lowest BCUT2D eigenvalue weighted by atomic mass is 9.82. The third kappa shape index (κ3) is 3.82. The van der Waals surface area contributed by atoms with Crippen molar-refractivity contribution in [2.75, 3.05) is 6.54 Å². The lowest BCUT2D eigenvalue weighted by molar-refractivity contribution is 0.246. The van der Waals surface area contributed by atoms with Gasteiger partial charge in [-0.2, -0.15) is 0 Å². The Labute approximate surface area is 124 Å². The molecule has 1 N–H and O–H groups in total. The predicted molar refractivity (Wildman–Crippen MR) is 86.1 cm³/mol. The predicted octanol–water partition coefficient (Wildman–Crippen LogP) is 4.31. The highest BCUT2D eigenvalue weighted by molar-refractivity contribution is 5.28. The van der Waals surface area contributed by atoms with Crippen molar-refractivity contribution in [2.24, 2.45) is 5.41 Å². The van der Waals surface area contributed by atoms with Gasteiger partial charge in [-0.1, -0.05) is 33.8 Å². The number of pyridine rings is 1. The van der Waals surface area contributed by atoms with Gasteiger partial charge in [-0.05, 0) is 55.7 Å². The molecule has 0 saturated carbocycles. The van der Waals surface area contributed by atoms with E-state index in [4.69, 9.17) is 0 Å². The molecule has 2 unspecified atom stereocenters. The second kappa shape index (κ2) is 6.71. The summed E-state index contributed by atoms with van der Waals surface area (Å²) in [5, 5.41) is 3.74. The van der Waals surface area contributed by atoms with Crippen LogP contribution in [0.5, 0.6) is 0 Å². The summed E-state index contributed by atoms with van der Waals surface area (Å²) in [5.41, 5.74) is 3.18. The van der Waals surface area contributed by atoms with Gasteiger partial charge in [0.05, 0.1) is 0 Å². The van der Waals surface area contributed by atoms with Gasteiger partial charge in [0.15, 0.2) is 0 Å². The molecule has 0 saturated heterocycles. The highest BCUT2D eigenvalue weighted by Crippen LogP contribution is 2.36. The molecule has 0 spiro atoms. The van der Waals surface area contributed by atoms with Crippen molar-refractivity contribution in [3.05, 3.63) is 29.6 Å². The Hall–Kier alpha value is -0.890. The van der Waals surface area contributed by atoms with Crippen LogP contribution in [-0.4, -0.2) is 17.6 Å². The number of aromatic nitrogens is 1. The second-order valence-corrected chi connectivity index (χ2v) is 7.23. The van der Waals surface area contributed by atoms with E-state index in [9.17, 15) is 0 Å². The number of nitrogens with one attached hydrogen (secondary N) is 1. The van der Waals surface area contributed by atoms with Crippen molar-refractivity contribution in [1.82, 2.24) is 10.3 Å². The minimum atomic E-state index is 0.334. The minimum absolute atomic E-state index is 0.334. The fourth-order valence-electron chi connectivity index (χ4n) is 3.31. The first-order valence-corrected chi connectivity index (χ1v) is 8.19. The molecule has 0 amide bonds. The molecule has 0 aromatic carbocycles. The van der Waals surface area contributed by atoms with Gasteiger partial charge in [-0.25, -0.2) is 0 Å². The molecule has 1 aromatic rings. The molecule has 2 atom stereocenters. The topological polar surface area (TPSA) is 24.9 Å². The van der Waals surface area contributed by atoms with Crippen molar-refractivity contribution in [3.8, 4) is 0 Å². The fraction of sp³-hybridized carbons (Fsp3) is 0.722. The monoisotopic (exact) mass is 274 g/mol. The van der Waals surface area contributed by atoms with Crippen LogP contribution in [0.1, 0.15) is 70.6 Å². The third-order valence-corrected chi connectivity index (χ3v) is 4.56. The van der Waals surface area contributed by atoms with E-state index in [1.807, 2.05) is 6.20 Å². The quantitative estimate of drug-likeness (QED) is 0.836. The van der Waals surface area contributed by atoms with Gasteiger partial charge in [0.25, 0.3) is 0 Å². The molecule has 2 rings (SSSR count). The molecule has 0 radical (unpaired) electrons. The van der Waals surface area contributed by atoms with E-state index in [-0.39, 0.29) is 0 Å². The van der Waals surface area contributed by atoms with E-state index < -0.39 is 0 Å². The molecule has 0 bridgehead atoms. The number of fused-ring (bicyclic) bond motifs is 1. The largest absolute Gasteiger partial charge is 0.313 e. The lowest BCUT2D eigenvalue weighted by Gasteiger charge is -2.32. The first kappa shape index (κ1) is 15.5. The molecule has 112 valence electrons. The van der Waals surface area contributed by atoms with Crippen LogP contribution >= 0.6 is 0 Å². The van der Waals surface area contributed by atoms with E-state index in [0.29, 0.717) is 17.4 Å². The lowest BCUT2D eigenvalue weighted by Crippen LogP contribution is -2.40. The highest BCUT2D eigenvalue weighted by atomic mass is 14.9. The van der Waals surface area contributed by atoms with Crippen molar-refractivity contribution in [2.45, 2.75) is 71.8 Å². The Morgan fingerprint density at radius 2 is 2.20 bits per heavy atom. The highest BCUT2D eigenvalue weighted by Gasteiger charge is 2.28. The van der Waals surface area contributed by atoms with E-state index >= 15 is 0 Å². The summed E-state index contributed by atoms with van der Waals surface area (Å²) in [6, 6.07) is 4.93. The summed E-state index contributed by atoms with van der Waals surface area (Å²) >= 11 is 0. The first-order valence-electron chi connectivity index (χ1n) is 8.19. The van der Waals surface area contributed by atoms with Crippen LogP contribution in [0.15, 0.2) is 18.3 Å². The number of hydrogen-bond acceptors (Lipinski definition) is 2. The second-order valence-electron chi connectivity index (χ2n) is 7.23. The zero-order valence-corrected chi connectivity index (χ0v) is 13.6. The summed E-state index contributed by atoms with van der Waals surface area (Å²) in [6.45, 7) is 10.4. The van der Waals surface area contributed by atoms with Crippen molar-refractivity contribution >= 4 is 0 Å². The Kier molecular flexibility index (Phi) is 5.20. The average molecular weight is 274 g/mol. The summed E-state index contributed by atoms with van der Waals surface area (Å²) < 4.78 is 0. The summed E-state index contributed by atoms with van der Waals surface area (Å²) in [6.07, 6.45) is 8.19. The SMILES string of the molecule is CCCNC(CCC1CCc2cccnc21)C(C)(C)C. The Morgan fingerprint density at radius 3 is 2.90 bits per heavy atom. The van der Waals surface area contributed by atoms with Gasteiger partial charge in [0.1, 0.15) is 0 Å². The van der Waals surface area contributed by atoms with Crippen LogP contribution < -0.4 is 5.32 Å². The number of aryl methyl sites for hydroxylation is 1. The zero-order valence-electron chi connectivity index (χ0n) is 13.6. The maximum Gasteiger partial charge on any atom is 0.0466 e. The average Bonchev–Trinajstić information content (AvgIpc) is 2.81. The summed E-state index contributed by atoms with van der Waals surface area (Å²) in [7, 11) is 0. The van der Waals surface area contributed by atoms with Gasteiger partial charge in [0, 0.05) is 23.9 Å². The minimum Gasteiger partial charge on any atom is -0.313 e. The van der Waals surface area contributed by atoms with E-state index in [2.05, 4.69) is 50.1 Å². The Morgan fingerprint density at radius 1 is 1.40 bits per heavy atom. The van der Waals surface area contributed by atoms with Crippen LogP contribution in [0.25, 0.3) is 0 Å². The van der Waals surface area contributed by atoms with Crippen LogP contribution in [-0.2, 0) is 6.42 Å². The molecular weight excluding hydrogens is 244 g/mol. The standard InChI is InChI=1S/C18H30N2/c1-5-12-19-16(18(2,3)4)11-10-15-9-8-14-7-6-13-20-17(14)15/h6-7,13,15-16,19H,5,8-12H2,1-4H3. The Balaban J connectivity index is 1.93. The first-order chi connectivity index (χ1) is 9.52. The van der Waals surface area contributed by atoms with Gasteiger partial charge < -0.3 is 5.32 Å². The third-order valence-electron chi connectivity index (χ3n) is 4.56. The van der Waals surface area contributed by atoms with Crippen LogP contribution in [0, 0.1) is 5.41 Å². The molecule has 2 nitrogen and oxygen atoms in total. The number of hydrogen-bond donors (Lipinski definition) is 1. The van der Waals surface area contributed by atoms with Gasteiger partial charge >= 0.3 is 0 Å². The molecular formula is C18H30N2. The normalized spacial score (nSPS) is 19.9. The van der Waals surface area contributed by atoms with E-state index in [1.54, 1.807) is 0 Å². The van der Waals surface area contributed by atoms with Gasteiger partial charge in [-0.3, -0.25) is 4.98 Å². The summed E-state index contributed by atoms with van der Waals surface area (Å²) in [4.78, 5) is 4.62. The van der Waals surface area contributed by atoms with E-state index in [0.717, 1.165) is 6.54 Å². The number of rotatable bonds is 6. The van der Waals surface area contributed by atoms with Crippen LogP contribution in [0.2, 0.25) is 0 Å². The molecule has 20 heavy (non-hydrogen) atoms. The smallest absolute Gasteiger partial charge is 0.0466 e. The summed E-state index contributed by atoms with van der Waals surface area (Å²) in [5.74, 6) is 0.680. The van der Waals surface area contributed by atoms with Crippen molar-refractivity contribution < 1.29 is 0 Å². The molecule has 1 heterocycles. The molecule has 1 aromatic heterocycles. The van der Waals surface area contributed by atoms with Crippen LogP contribution in [0.4, 0.5) is 0 Å². The van der Waals surface area contributed by atoms with Gasteiger partial charge in [-0.15, -0.1) is 0 Å². The Bertz CT molecular complexity index is 420. The van der Waals surface area contributed by atoms with E-state index in [1.165, 1.54) is 43.4 Å². The molecule has 2 heteroatoms. The van der Waals surface area contributed by atoms with Crippen LogP contribution in [0.3, 0.4) is 0 Å². The van der Waals surface area contributed by atoms with Crippen molar-refractivity contribution in [1.29, 1.82) is 0 Å². The maximum atomic E-state index is 4.62. The molecule has 0 fully saturated rings. The van der Waals surface area contributed by atoms with Gasteiger partial charge in [0.2, 0.25) is 0 Å². The fourth-order valence-corrected chi connectivity index (χ4v) is 3.31. The maximum absolute atomic E-state index is 4.62. The van der Waals surface area contributed by atoms with Crippen molar-refractivity contribution in [3.63, 3.8) is 0 Å². The molecule has 0 aliphatic heterocycles. The molecule has 1 aliphatic carbocycles. The number of nitrogens with zero attached hydrogens (tertiary/aromatic N) is 1. The zero-order chi connectivity index (χ0) is 14.6.